The highest BCUT2D eigenvalue weighted by Gasteiger charge is 2.22. The molecule has 2 atom stereocenters. The summed E-state index contributed by atoms with van der Waals surface area (Å²) in [5, 5.41) is 0. The van der Waals surface area contributed by atoms with Gasteiger partial charge in [-0.25, -0.2) is 0 Å². The Morgan fingerprint density at radius 3 is 2.94 bits per heavy atom. The second-order valence-electron chi connectivity index (χ2n) is 5.22. The largest absolute Gasteiger partial charge is 0.371 e. The average molecular weight is 228 g/mol. The Morgan fingerprint density at radius 2 is 2.12 bits per heavy atom. The van der Waals surface area contributed by atoms with Crippen molar-refractivity contribution in [2.24, 2.45) is 11.7 Å². The van der Waals surface area contributed by atoms with Crippen LogP contribution in [0.5, 0.6) is 0 Å². The van der Waals surface area contributed by atoms with Crippen LogP contribution in [-0.2, 0) is 6.42 Å². The van der Waals surface area contributed by atoms with Crippen molar-refractivity contribution in [3.05, 3.63) is 42.0 Å². The van der Waals surface area contributed by atoms with Gasteiger partial charge < -0.3 is 10.6 Å². The summed E-state index contributed by atoms with van der Waals surface area (Å²) in [5.74, 6) is 0.635. The second kappa shape index (κ2) is 4.53. The Kier molecular flexibility index (Phi) is 2.89. The summed E-state index contributed by atoms with van der Waals surface area (Å²) in [6.07, 6.45) is 8.06. The maximum atomic E-state index is 5.92. The lowest BCUT2D eigenvalue weighted by Gasteiger charge is -2.33. The molecule has 1 aliphatic heterocycles. The molecule has 0 saturated carbocycles. The summed E-state index contributed by atoms with van der Waals surface area (Å²) in [7, 11) is 0. The molecular formula is C15H20N2. The highest BCUT2D eigenvalue weighted by atomic mass is 15.1. The van der Waals surface area contributed by atoms with E-state index < -0.39 is 0 Å². The first kappa shape index (κ1) is 10.8. The fraction of sp³-hybridized carbons (Fsp3) is 0.467. The molecule has 1 aromatic carbocycles. The molecule has 0 spiro atoms. The first-order valence-electron chi connectivity index (χ1n) is 6.60. The zero-order valence-corrected chi connectivity index (χ0v) is 10.2. The summed E-state index contributed by atoms with van der Waals surface area (Å²) in [5.41, 5.74) is 8.86. The highest BCUT2D eigenvalue weighted by molar-refractivity contribution is 5.55. The lowest BCUT2D eigenvalue weighted by molar-refractivity contribution is 0.555. The molecule has 2 nitrogen and oxygen atoms in total. The van der Waals surface area contributed by atoms with E-state index in [1.807, 2.05) is 0 Å². The number of nitrogens with two attached hydrogens (primary N) is 1. The smallest absolute Gasteiger partial charge is 0.0398 e. The molecule has 2 N–H and O–H groups in total. The maximum absolute atomic E-state index is 5.92. The zero-order valence-electron chi connectivity index (χ0n) is 10.2. The van der Waals surface area contributed by atoms with Gasteiger partial charge in [0, 0.05) is 24.8 Å². The van der Waals surface area contributed by atoms with Crippen molar-refractivity contribution in [1.29, 1.82) is 0 Å². The number of fused-ring (bicyclic) bond motifs is 1. The lowest BCUT2D eigenvalue weighted by Crippen LogP contribution is -2.33. The number of hydrogen-bond acceptors (Lipinski definition) is 2. The Labute approximate surface area is 103 Å². The number of hydrogen-bond donors (Lipinski definition) is 1. The summed E-state index contributed by atoms with van der Waals surface area (Å²) in [6.45, 7) is 2.32. The molecule has 2 unspecified atom stereocenters. The summed E-state index contributed by atoms with van der Waals surface area (Å²) < 4.78 is 0. The van der Waals surface area contributed by atoms with E-state index in [0.717, 1.165) is 13.0 Å². The van der Waals surface area contributed by atoms with Crippen LogP contribution in [0.4, 0.5) is 5.69 Å². The fourth-order valence-electron chi connectivity index (χ4n) is 3.03. The molecule has 0 saturated heterocycles. The van der Waals surface area contributed by atoms with Gasteiger partial charge in [0.2, 0.25) is 0 Å². The predicted molar refractivity (Wildman–Crippen MR) is 72.2 cm³/mol. The molecule has 17 heavy (non-hydrogen) atoms. The molecule has 0 amide bonds. The number of anilines is 1. The van der Waals surface area contributed by atoms with Gasteiger partial charge in [0.1, 0.15) is 0 Å². The van der Waals surface area contributed by atoms with E-state index in [9.17, 15) is 0 Å². The van der Waals surface area contributed by atoms with Crippen LogP contribution in [0.25, 0.3) is 0 Å². The first-order valence-corrected chi connectivity index (χ1v) is 6.60. The minimum atomic E-state index is 0.278. The molecule has 0 fully saturated rings. The third-order valence-electron chi connectivity index (χ3n) is 3.87. The molecule has 1 aliphatic carbocycles. The van der Waals surface area contributed by atoms with Gasteiger partial charge >= 0.3 is 0 Å². The van der Waals surface area contributed by atoms with Crippen molar-refractivity contribution in [2.75, 3.05) is 18.0 Å². The van der Waals surface area contributed by atoms with Crippen LogP contribution < -0.4 is 10.6 Å². The Bertz CT molecular complexity index is 425. The van der Waals surface area contributed by atoms with E-state index in [2.05, 4.69) is 41.3 Å². The fourth-order valence-corrected chi connectivity index (χ4v) is 3.03. The molecule has 2 aliphatic rings. The second-order valence-corrected chi connectivity index (χ2v) is 5.22. The number of aryl methyl sites for hydroxylation is 1. The van der Waals surface area contributed by atoms with Crippen molar-refractivity contribution in [3.8, 4) is 0 Å². The molecule has 0 radical (unpaired) electrons. The van der Waals surface area contributed by atoms with E-state index >= 15 is 0 Å². The van der Waals surface area contributed by atoms with Gasteiger partial charge in [-0.2, -0.15) is 0 Å². The quantitative estimate of drug-likeness (QED) is 0.787. The maximum Gasteiger partial charge on any atom is 0.0398 e. The van der Waals surface area contributed by atoms with Gasteiger partial charge in [-0.15, -0.1) is 0 Å². The van der Waals surface area contributed by atoms with E-state index in [1.165, 1.54) is 30.6 Å². The van der Waals surface area contributed by atoms with E-state index in [1.54, 1.807) is 0 Å². The van der Waals surface area contributed by atoms with Crippen LogP contribution >= 0.6 is 0 Å². The summed E-state index contributed by atoms with van der Waals surface area (Å²) in [4.78, 5) is 2.53. The number of para-hydroxylation sites is 1. The van der Waals surface area contributed by atoms with Crippen molar-refractivity contribution in [2.45, 2.75) is 25.3 Å². The van der Waals surface area contributed by atoms with Crippen LogP contribution in [0.1, 0.15) is 18.4 Å². The molecule has 3 rings (SSSR count). The molecule has 90 valence electrons. The third-order valence-corrected chi connectivity index (χ3v) is 3.87. The average Bonchev–Trinajstić information content (AvgIpc) is 2.75. The SMILES string of the molecule is NC1C=CC(CN2CCCc3ccccc32)C1. The summed E-state index contributed by atoms with van der Waals surface area (Å²) >= 11 is 0. The van der Waals surface area contributed by atoms with Crippen molar-refractivity contribution < 1.29 is 0 Å². The number of rotatable bonds is 2. The Morgan fingerprint density at radius 1 is 1.24 bits per heavy atom. The van der Waals surface area contributed by atoms with Crippen LogP contribution in [-0.4, -0.2) is 19.1 Å². The molecule has 2 heteroatoms. The molecular weight excluding hydrogens is 208 g/mol. The van der Waals surface area contributed by atoms with Crippen LogP contribution in [0.15, 0.2) is 36.4 Å². The van der Waals surface area contributed by atoms with Crippen molar-refractivity contribution in [3.63, 3.8) is 0 Å². The molecule has 0 bridgehead atoms. The summed E-state index contributed by atoms with van der Waals surface area (Å²) in [6, 6.07) is 9.09. The van der Waals surface area contributed by atoms with Crippen LogP contribution in [0.2, 0.25) is 0 Å². The zero-order chi connectivity index (χ0) is 11.7. The molecule has 1 heterocycles. The monoisotopic (exact) mass is 228 g/mol. The van der Waals surface area contributed by atoms with Gasteiger partial charge in [0.05, 0.1) is 0 Å². The van der Waals surface area contributed by atoms with Crippen molar-refractivity contribution >= 4 is 5.69 Å². The number of nitrogens with zero attached hydrogens (tertiary/aromatic N) is 1. The normalized spacial score (nSPS) is 27.2. The minimum Gasteiger partial charge on any atom is -0.371 e. The Balaban J connectivity index is 1.75. The van der Waals surface area contributed by atoms with E-state index in [4.69, 9.17) is 5.73 Å². The van der Waals surface area contributed by atoms with Gasteiger partial charge in [-0.3, -0.25) is 0 Å². The predicted octanol–water partition coefficient (Wildman–Crippen LogP) is 2.34. The molecule has 0 aromatic heterocycles. The van der Waals surface area contributed by atoms with Gasteiger partial charge in [0.15, 0.2) is 0 Å². The Hall–Kier alpha value is -1.28. The minimum absolute atomic E-state index is 0.278. The first-order chi connectivity index (χ1) is 8.33. The van der Waals surface area contributed by atoms with Gasteiger partial charge in [-0.1, -0.05) is 30.4 Å². The number of benzene rings is 1. The van der Waals surface area contributed by atoms with E-state index in [-0.39, 0.29) is 6.04 Å². The van der Waals surface area contributed by atoms with Crippen molar-refractivity contribution in [1.82, 2.24) is 0 Å². The highest BCUT2D eigenvalue weighted by Crippen LogP contribution is 2.29. The standard InChI is InChI=1S/C15H20N2/c16-14-8-7-12(10-14)11-17-9-3-5-13-4-1-2-6-15(13)17/h1-2,4,6-8,12,14H,3,5,9-11,16H2. The van der Waals surface area contributed by atoms with E-state index in [0.29, 0.717) is 5.92 Å². The van der Waals surface area contributed by atoms with Crippen LogP contribution in [0, 0.1) is 5.92 Å². The third kappa shape index (κ3) is 2.22. The topological polar surface area (TPSA) is 29.3 Å². The lowest BCUT2D eigenvalue weighted by atomic mass is 9.99. The van der Waals surface area contributed by atoms with Gasteiger partial charge in [-0.05, 0) is 36.8 Å². The van der Waals surface area contributed by atoms with Crippen LogP contribution in [0.3, 0.4) is 0 Å². The molecule has 1 aromatic rings. The van der Waals surface area contributed by atoms with Gasteiger partial charge in [0.25, 0.3) is 0 Å².